The first-order chi connectivity index (χ1) is 20.3. The number of rotatable bonds is 9. The molecule has 0 fully saturated rings. The van der Waals surface area contributed by atoms with Crippen LogP contribution >= 0.6 is 11.6 Å². The van der Waals surface area contributed by atoms with E-state index in [1.807, 2.05) is 0 Å². The molecule has 43 heavy (non-hydrogen) atoms. The summed E-state index contributed by atoms with van der Waals surface area (Å²) < 4.78 is 68.8. The molecule has 3 aromatic heterocycles. The van der Waals surface area contributed by atoms with Gasteiger partial charge in [-0.25, -0.2) is 9.78 Å². The van der Waals surface area contributed by atoms with Gasteiger partial charge in [0.15, 0.2) is 5.82 Å². The molecular formula is C24H19ClF5N9O4. The second-order valence-corrected chi connectivity index (χ2v) is 9.05. The molecule has 0 bridgehead atoms. The molecule has 1 aromatic carbocycles. The fraction of sp³-hybridized carbons (Fsp3) is 0.250. The Labute approximate surface area is 242 Å². The van der Waals surface area contributed by atoms with Crippen LogP contribution in [0.25, 0.3) is 11.4 Å². The molecule has 0 atom stereocenters. The van der Waals surface area contributed by atoms with Gasteiger partial charge in [0.1, 0.15) is 17.4 Å². The molecule has 1 N–H and O–H groups in total. The van der Waals surface area contributed by atoms with Gasteiger partial charge in [0.25, 0.3) is 11.5 Å². The number of hydroxylamine groups is 2. The van der Waals surface area contributed by atoms with Crippen molar-refractivity contribution in [1.29, 1.82) is 0 Å². The number of carbonyl (C=O) groups is 2. The van der Waals surface area contributed by atoms with E-state index in [-0.39, 0.29) is 22.0 Å². The summed E-state index contributed by atoms with van der Waals surface area (Å²) in [6.45, 7) is -2.93. The first-order valence-corrected chi connectivity index (χ1v) is 12.3. The van der Waals surface area contributed by atoms with Gasteiger partial charge in [0.2, 0.25) is 5.82 Å². The Kier molecular flexibility index (Phi) is 8.98. The van der Waals surface area contributed by atoms with Crippen molar-refractivity contribution in [3.8, 4) is 11.4 Å². The number of tetrazole rings is 1. The third-order valence-corrected chi connectivity index (χ3v) is 5.90. The highest BCUT2D eigenvalue weighted by atomic mass is 35.5. The normalized spacial score (nSPS) is 11.7. The highest BCUT2D eigenvalue weighted by molar-refractivity contribution is 6.29. The monoisotopic (exact) mass is 627 g/mol. The molecule has 0 aliphatic heterocycles. The van der Waals surface area contributed by atoms with Gasteiger partial charge < -0.3 is 10.2 Å². The Hall–Kier alpha value is -5.00. The van der Waals surface area contributed by atoms with Gasteiger partial charge in [0.05, 0.1) is 26.3 Å². The Morgan fingerprint density at radius 1 is 1.07 bits per heavy atom. The van der Waals surface area contributed by atoms with Crippen molar-refractivity contribution in [2.75, 3.05) is 11.9 Å². The zero-order valence-corrected chi connectivity index (χ0v) is 22.6. The maximum atomic E-state index is 14.5. The average molecular weight is 628 g/mol. The zero-order valence-electron chi connectivity index (χ0n) is 21.8. The Bertz CT molecular complexity index is 1680. The third kappa shape index (κ3) is 7.45. The minimum Gasteiger partial charge on any atom is -0.359 e. The van der Waals surface area contributed by atoms with Crippen molar-refractivity contribution >= 4 is 29.3 Å². The molecule has 1 amide bonds. The van der Waals surface area contributed by atoms with Crippen LogP contribution in [0.3, 0.4) is 0 Å². The van der Waals surface area contributed by atoms with Crippen molar-refractivity contribution in [3.05, 3.63) is 81.6 Å². The van der Waals surface area contributed by atoms with Crippen LogP contribution in [0.1, 0.15) is 11.3 Å². The van der Waals surface area contributed by atoms with Gasteiger partial charge in [-0.1, -0.05) is 41.9 Å². The number of hydrogen-bond acceptors (Lipinski definition) is 10. The second-order valence-electron chi connectivity index (χ2n) is 8.66. The summed E-state index contributed by atoms with van der Waals surface area (Å²) in [5, 5.41) is 13.3. The smallest absolute Gasteiger partial charge is 0.359 e. The SMILES string of the molecule is Cn1nnc(-c2ccccc2CN(OC(=O)C(F)(F)F)C(=O)Cn2c(Cl)cnc(NCC(F)(F)c3ccccn3)c2=O)n1. The molecular weight excluding hydrogens is 609 g/mol. The second kappa shape index (κ2) is 12.5. The number of nitrogens with zero attached hydrogens (tertiary/aromatic N) is 8. The van der Waals surface area contributed by atoms with Crippen LogP contribution in [-0.4, -0.2) is 64.4 Å². The molecule has 4 rings (SSSR count). The minimum atomic E-state index is -5.48. The number of hydrogen-bond donors (Lipinski definition) is 1. The van der Waals surface area contributed by atoms with E-state index < -0.39 is 65.8 Å². The number of pyridine rings is 1. The highest BCUT2D eigenvalue weighted by Crippen LogP contribution is 2.26. The summed E-state index contributed by atoms with van der Waals surface area (Å²) in [7, 11) is 1.47. The van der Waals surface area contributed by atoms with E-state index in [4.69, 9.17) is 11.6 Å². The number of alkyl halides is 5. The number of benzene rings is 1. The number of carbonyl (C=O) groups excluding carboxylic acids is 2. The van der Waals surface area contributed by atoms with Crippen LogP contribution in [0.4, 0.5) is 27.8 Å². The Morgan fingerprint density at radius 2 is 1.79 bits per heavy atom. The van der Waals surface area contributed by atoms with Crippen molar-refractivity contribution in [1.82, 2.24) is 39.8 Å². The maximum absolute atomic E-state index is 14.5. The topological polar surface area (TPSA) is 150 Å². The number of anilines is 1. The fourth-order valence-electron chi connectivity index (χ4n) is 3.56. The predicted molar refractivity (Wildman–Crippen MR) is 137 cm³/mol. The highest BCUT2D eigenvalue weighted by Gasteiger charge is 2.43. The zero-order chi connectivity index (χ0) is 31.4. The van der Waals surface area contributed by atoms with Gasteiger partial charge in [-0.15, -0.1) is 10.2 Å². The number of nitrogens with one attached hydrogen (secondary N) is 1. The van der Waals surface area contributed by atoms with Gasteiger partial charge in [-0.05, 0) is 22.9 Å². The number of amides is 1. The van der Waals surface area contributed by atoms with Crippen LogP contribution < -0.4 is 10.9 Å². The molecule has 3 heterocycles. The van der Waals surface area contributed by atoms with Crippen molar-refractivity contribution in [3.63, 3.8) is 0 Å². The minimum absolute atomic E-state index is 0.0549. The number of aryl methyl sites for hydroxylation is 1. The molecule has 0 unspecified atom stereocenters. The molecule has 19 heteroatoms. The van der Waals surface area contributed by atoms with E-state index in [1.165, 1.54) is 37.4 Å². The Balaban J connectivity index is 1.60. The maximum Gasteiger partial charge on any atom is 0.493 e. The third-order valence-electron chi connectivity index (χ3n) is 5.60. The van der Waals surface area contributed by atoms with Gasteiger partial charge in [0, 0.05) is 11.8 Å². The van der Waals surface area contributed by atoms with Crippen LogP contribution in [0.5, 0.6) is 0 Å². The summed E-state index contributed by atoms with van der Waals surface area (Å²) in [6, 6.07) is 9.80. The van der Waals surface area contributed by atoms with Crippen molar-refractivity contribution < 1.29 is 36.4 Å². The van der Waals surface area contributed by atoms with Crippen LogP contribution in [0.15, 0.2) is 59.7 Å². The molecule has 0 spiro atoms. The average Bonchev–Trinajstić information content (AvgIpc) is 3.40. The lowest BCUT2D eigenvalue weighted by Crippen LogP contribution is -2.41. The summed E-state index contributed by atoms with van der Waals surface area (Å²) in [5.74, 6) is -8.18. The van der Waals surface area contributed by atoms with Crippen molar-refractivity contribution in [2.24, 2.45) is 7.05 Å². The van der Waals surface area contributed by atoms with E-state index in [2.05, 4.69) is 35.5 Å². The largest absolute Gasteiger partial charge is 0.493 e. The first kappa shape index (κ1) is 30.9. The van der Waals surface area contributed by atoms with E-state index in [1.54, 1.807) is 6.07 Å². The Morgan fingerprint density at radius 3 is 2.44 bits per heavy atom. The molecule has 0 saturated heterocycles. The lowest BCUT2D eigenvalue weighted by molar-refractivity contribution is -0.239. The van der Waals surface area contributed by atoms with E-state index >= 15 is 0 Å². The van der Waals surface area contributed by atoms with Crippen LogP contribution in [0, 0.1) is 0 Å². The van der Waals surface area contributed by atoms with Crippen LogP contribution in [0.2, 0.25) is 5.15 Å². The van der Waals surface area contributed by atoms with E-state index in [9.17, 15) is 36.3 Å². The van der Waals surface area contributed by atoms with Gasteiger partial charge >= 0.3 is 18.1 Å². The molecule has 0 radical (unpaired) electrons. The molecule has 0 aliphatic carbocycles. The number of aromatic nitrogens is 7. The summed E-state index contributed by atoms with van der Waals surface area (Å²) in [5.41, 5.74) is -1.36. The molecule has 0 aliphatic rings. The lowest BCUT2D eigenvalue weighted by Gasteiger charge is -2.23. The summed E-state index contributed by atoms with van der Waals surface area (Å²) >= 11 is 6.01. The van der Waals surface area contributed by atoms with Gasteiger partial charge in [-0.2, -0.15) is 31.8 Å². The summed E-state index contributed by atoms with van der Waals surface area (Å²) in [6.07, 6.45) is -3.47. The van der Waals surface area contributed by atoms with Crippen molar-refractivity contribution in [2.45, 2.75) is 25.2 Å². The molecule has 4 aromatic rings. The predicted octanol–water partition coefficient (Wildman–Crippen LogP) is 2.74. The number of halogens is 6. The summed E-state index contributed by atoms with van der Waals surface area (Å²) in [4.78, 5) is 50.6. The van der Waals surface area contributed by atoms with E-state index in [0.29, 0.717) is 4.57 Å². The fourth-order valence-corrected chi connectivity index (χ4v) is 3.75. The van der Waals surface area contributed by atoms with Gasteiger partial charge in [-0.3, -0.25) is 19.1 Å². The molecule has 226 valence electrons. The van der Waals surface area contributed by atoms with E-state index in [0.717, 1.165) is 23.3 Å². The standard InChI is InChI=1S/C24H19ClF5N9O4/c1-37-35-19(34-36-37)15-7-3-2-6-14(15)11-39(43-22(42)24(28,29)30)18(40)12-38-17(25)10-32-20(21(38)41)33-13-23(26,27)16-8-4-5-9-31-16/h2-10H,11-13H2,1H3,(H,32,33). The molecule has 0 saturated carbocycles. The lowest BCUT2D eigenvalue weighted by atomic mass is 10.1. The quantitative estimate of drug-likeness (QED) is 0.217. The molecule has 13 nitrogen and oxygen atoms in total. The van der Waals surface area contributed by atoms with Crippen LogP contribution in [-0.2, 0) is 40.5 Å². The first-order valence-electron chi connectivity index (χ1n) is 12.0.